The molecule has 0 aromatic rings. The van der Waals surface area contributed by atoms with Crippen molar-refractivity contribution in [2.45, 2.75) is 174 Å². The zero-order valence-corrected chi connectivity index (χ0v) is 37.2. The van der Waals surface area contributed by atoms with Gasteiger partial charge in [-0.1, -0.05) is 164 Å². The zero-order valence-electron chi connectivity index (χ0n) is 36.3. The molecule has 0 heterocycles. The van der Waals surface area contributed by atoms with Crippen LogP contribution < -0.4 is 0 Å². The Morgan fingerprint density at radius 3 is 1.50 bits per heavy atom. The number of hydrogen-bond donors (Lipinski definition) is 1. The van der Waals surface area contributed by atoms with E-state index in [0.29, 0.717) is 17.4 Å². The molecule has 0 radical (unpaired) electrons. The fourth-order valence-corrected chi connectivity index (χ4v) is 6.33. The van der Waals surface area contributed by atoms with E-state index >= 15 is 0 Å². The number of rotatable bonds is 39. The number of phosphoric ester groups is 1. The van der Waals surface area contributed by atoms with Crippen LogP contribution in [0, 0.1) is 0 Å². The van der Waals surface area contributed by atoms with Crippen LogP contribution >= 0.6 is 7.82 Å². The first-order valence-electron chi connectivity index (χ1n) is 22.0. The molecule has 324 valence electrons. The lowest BCUT2D eigenvalue weighted by Crippen LogP contribution is -2.37. The fourth-order valence-electron chi connectivity index (χ4n) is 5.58. The second-order valence-electron chi connectivity index (χ2n) is 15.7. The number of esters is 2. The Kier molecular flexibility index (Phi) is 36.7. The molecule has 0 aromatic carbocycles. The predicted molar refractivity (Wildman–Crippen MR) is 233 cm³/mol. The molecule has 2 unspecified atom stereocenters. The number of quaternary nitrogens is 1. The minimum Gasteiger partial charge on any atom is -0.462 e. The Morgan fingerprint density at radius 2 is 1.00 bits per heavy atom. The van der Waals surface area contributed by atoms with Gasteiger partial charge in [-0.15, -0.1) is 0 Å². The highest BCUT2D eigenvalue weighted by molar-refractivity contribution is 7.47. The molecule has 0 fully saturated rings. The number of ether oxygens (including phenoxy) is 2. The van der Waals surface area contributed by atoms with Crippen LogP contribution in [0.5, 0.6) is 0 Å². The quantitative estimate of drug-likeness (QED) is 0.0215. The second-order valence-corrected chi connectivity index (χ2v) is 17.2. The normalized spacial score (nSPS) is 14.2. The van der Waals surface area contributed by atoms with Gasteiger partial charge in [0, 0.05) is 12.8 Å². The molecule has 0 aliphatic rings. The van der Waals surface area contributed by atoms with Gasteiger partial charge in [-0.2, -0.15) is 0 Å². The van der Waals surface area contributed by atoms with Crippen molar-refractivity contribution in [1.29, 1.82) is 0 Å². The lowest BCUT2D eigenvalue weighted by atomic mass is 10.0. The molecule has 9 nitrogen and oxygen atoms in total. The van der Waals surface area contributed by atoms with Gasteiger partial charge < -0.3 is 18.9 Å². The van der Waals surface area contributed by atoms with Crippen molar-refractivity contribution in [3.8, 4) is 0 Å². The highest BCUT2D eigenvalue weighted by Gasteiger charge is 2.27. The van der Waals surface area contributed by atoms with Gasteiger partial charge in [0.05, 0.1) is 27.7 Å². The average molecular weight is 809 g/mol. The van der Waals surface area contributed by atoms with E-state index in [9.17, 15) is 19.0 Å². The first kappa shape index (κ1) is 53.7. The van der Waals surface area contributed by atoms with Crippen molar-refractivity contribution in [1.82, 2.24) is 0 Å². The van der Waals surface area contributed by atoms with Gasteiger partial charge in [-0.05, 0) is 51.4 Å². The van der Waals surface area contributed by atoms with Gasteiger partial charge in [0.1, 0.15) is 19.8 Å². The monoisotopic (exact) mass is 809 g/mol. The van der Waals surface area contributed by atoms with Crippen molar-refractivity contribution >= 4 is 19.8 Å². The van der Waals surface area contributed by atoms with E-state index in [2.05, 4.69) is 62.5 Å². The molecule has 0 saturated carbocycles. The predicted octanol–water partition coefficient (Wildman–Crippen LogP) is 12.5. The Bertz CT molecular complexity index is 1140. The summed E-state index contributed by atoms with van der Waals surface area (Å²) in [6, 6.07) is 0. The third-order valence-electron chi connectivity index (χ3n) is 9.06. The van der Waals surface area contributed by atoms with E-state index in [1.54, 1.807) is 0 Å². The maximum Gasteiger partial charge on any atom is 0.472 e. The van der Waals surface area contributed by atoms with Crippen LogP contribution in [0.1, 0.15) is 168 Å². The van der Waals surface area contributed by atoms with Crippen LogP contribution in [0.4, 0.5) is 0 Å². The molecule has 2 atom stereocenters. The number of likely N-dealkylation sites (N-methyl/N-ethyl adjacent to an activating group) is 1. The van der Waals surface area contributed by atoms with Crippen molar-refractivity contribution in [2.24, 2.45) is 0 Å². The van der Waals surface area contributed by atoms with Crippen molar-refractivity contribution < 1.29 is 42.1 Å². The van der Waals surface area contributed by atoms with Gasteiger partial charge in [-0.3, -0.25) is 18.6 Å². The summed E-state index contributed by atoms with van der Waals surface area (Å²) in [5, 5.41) is 0. The van der Waals surface area contributed by atoms with Crippen molar-refractivity contribution in [2.75, 3.05) is 47.5 Å². The molecular weight excluding hydrogens is 725 g/mol. The van der Waals surface area contributed by atoms with Gasteiger partial charge in [-0.25, -0.2) is 4.57 Å². The van der Waals surface area contributed by atoms with Gasteiger partial charge in [0.15, 0.2) is 6.10 Å². The minimum absolute atomic E-state index is 0.0171. The number of nitrogens with zero attached hydrogens (tertiary/aromatic N) is 1. The van der Waals surface area contributed by atoms with Crippen LogP contribution in [-0.2, 0) is 32.7 Å². The number of unbranched alkanes of at least 4 members (excludes halogenated alkanes) is 15. The zero-order chi connectivity index (χ0) is 41.4. The number of carbonyl (C=O) groups is 2. The standard InChI is InChI=1S/C46H82NO8P/c1-6-8-10-12-14-16-18-20-21-22-23-24-25-27-29-31-33-35-37-39-46(49)55-44(43-54-56(50,51)53-41-40-47(3,4)5)42-52-45(48)38-36-34-32-30-28-26-19-17-15-13-11-9-7-2/h14,16,20-21,23-24,27,29,33,35,44H,6-13,15,17-19,22,25-26,28,30-32,34,36-43H2,1-5H3/p+1/b16-14+,21-20+,24-23+,29-27+,35-33+. The van der Waals surface area contributed by atoms with E-state index in [1.165, 1.54) is 89.9 Å². The first-order chi connectivity index (χ1) is 27.0. The molecule has 1 N–H and O–H groups in total. The fraction of sp³-hybridized carbons (Fsp3) is 0.739. The average Bonchev–Trinajstić information content (AvgIpc) is 3.15. The third kappa shape index (κ3) is 41.3. The maximum atomic E-state index is 12.6. The molecular formula is C46H83NO8P+. The van der Waals surface area contributed by atoms with Crippen LogP contribution in [-0.4, -0.2) is 74.9 Å². The molecule has 10 heteroatoms. The summed E-state index contributed by atoms with van der Waals surface area (Å²) in [6.45, 7) is 4.30. The summed E-state index contributed by atoms with van der Waals surface area (Å²) in [6.07, 6.45) is 45.7. The van der Waals surface area contributed by atoms with E-state index in [1.807, 2.05) is 33.3 Å². The SMILES string of the molecule is CCCCC/C=C/C/C=C/C/C=C/C/C=C/C/C=C/CCC(=O)OC(COC(=O)CCCCCCCCCCCCCCC)COP(=O)(O)OCC[N+](C)(C)C. The number of phosphoric acid groups is 1. The number of allylic oxidation sites excluding steroid dienone is 10. The molecule has 0 aromatic heterocycles. The topological polar surface area (TPSA) is 108 Å². The van der Waals surface area contributed by atoms with Gasteiger partial charge >= 0.3 is 19.8 Å². The van der Waals surface area contributed by atoms with Crippen LogP contribution in [0.3, 0.4) is 0 Å². The molecule has 0 bridgehead atoms. The van der Waals surface area contributed by atoms with Crippen LogP contribution in [0.2, 0.25) is 0 Å². The molecule has 56 heavy (non-hydrogen) atoms. The highest BCUT2D eigenvalue weighted by atomic mass is 31.2. The molecule has 0 aliphatic carbocycles. The van der Waals surface area contributed by atoms with Crippen molar-refractivity contribution in [3.63, 3.8) is 0 Å². The van der Waals surface area contributed by atoms with Gasteiger partial charge in [0.2, 0.25) is 0 Å². The molecule has 0 aliphatic heterocycles. The smallest absolute Gasteiger partial charge is 0.462 e. The lowest BCUT2D eigenvalue weighted by Gasteiger charge is -2.24. The Hall–Kier alpha value is -2.29. The largest absolute Gasteiger partial charge is 0.472 e. The summed E-state index contributed by atoms with van der Waals surface area (Å²) in [5.41, 5.74) is 0. The van der Waals surface area contributed by atoms with E-state index in [4.69, 9.17) is 18.5 Å². The molecule has 0 saturated heterocycles. The summed E-state index contributed by atoms with van der Waals surface area (Å²) in [4.78, 5) is 35.3. The van der Waals surface area contributed by atoms with E-state index in [0.717, 1.165) is 44.9 Å². The van der Waals surface area contributed by atoms with Crippen LogP contribution in [0.25, 0.3) is 0 Å². The van der Waals surface area contributed by atoms with Crippen LogP contribution in [0.15, 0.2) is 60.8 Å². The highest BCUT2D eigenvalue weighted by Crippen LogP contribution is 2.43. The van der Waals surface area contributed by atoms with E-state index in [-0.39, 0.29) is 32.0 Å². The number of carbonyl (C=O) groups excluding carboxylic acids is 2. The maximum absolute atomic E-state index is 12.6. The van der Waals surface area contributed by atoms with Crippen molar-refractivity contribution in [3.05, 3.63) is 60.8 Å². The molecule has 0 amide bonds. The lowest BCUT2D eigenvalue weighted by molar-refractivity contribution is -0.870. The third-order valence-corrected chi connectivity index (χ3v) is 10.0. The Morgan fingerprint density at radius 1 is 0.554 bits per heavy atom. The first-order valence-corrected chi connectivity index (χ1v) is 23.5. The Balaban J connectivity index is 4.50. The number of hydrogen-bond acceptors (Lipinski definition) is 7. The summed E-state index contributed by atoms with van der Waals surface area (Å²) in [7, 11) is 1.43. The molecule has 0 spiro atoms. The molecule has 0 rings (SSSR count). The van der Waals surface area contributed by atoms with Gasteiger partial charge in [0.25, 0.3) is 0 Å². The summed E-state index contributed by atoms with van der Waals surface area (Å²) in [5.74, 6) is -0.896. The summed E-state index contributed by atoms with van der Waals surface area (Å²) >= 11 is 0. The summed E-state index contributed by atoms with van der Waals surface area (Å²) < 4.78 is 34.2. The Labute approximate surface area is 343 Å². The van der Waals surface area contributed by atoms with E-state index < -0.39 is 26.5 Å². The second kappa shape index (κ2) is 38.2. The minimum atomic E-state index is -4.39.